The van der Waals surface area contributed by atoms with Crippen LogP contribution < -0.4 is 5.32 Å². The van der Waals surface area contributed by atoms with Crippen molar-refractivity contribution in [3.8, 4) is 0 Å². The maximum atomic E-state index is 12.0. The van der Waals surface area contributed by atoms with E-state index in [1.165, 1.54) is 14.2 Å². The quantitative estimate of drug-likeness (QED) is 0.612. The van der Waals surface area contributed by atoms with E-state index >= 15 is 0 Å². The average molecular weight is 416 g/mol. The lowest BCUT2D eigenvalue weighted by molar-refractivity contribution is 0.0956. The van der Waals surface area contributed by atoms with Crippen LogP contribution in [0.2, 0.25) is 0 Å². The Hall–Kier alpha value is -0.430. The maximum Gasteiger partial charge on any atom is 0.251 e. The molecule has 0 saturated carbocycles. The van der Waals surface area contributed by atoms with Gasteiger partial charge in [-0.05, 0) is 52.0 Å². The van der Waals surface area contributed by atoms with Crippen LogP contribution >= 0.6 is 50.8 Å². The van der Waals surface area contributed by atoms with E-state index in [2.05, 4.69) is 39.6 Å². The van der Waals surface area contributed by atoms with E-state index in [0.29, 0.717) is 6.54 Å². The van der Waals surface area contributed by atoms with Crippen molar-refractivity contribution in [3.05, 3.63) is 56.2 Å². The third kappa shape index (κ3) is 5.99. The highest BCUT2D eigenvalue weighted by molar-refractivity contribution is 9.11. The zero-order valence-corrected chi connectivity index (χ0v) is 16.3. The molecule has 0 aliphatic heterocycles. The number of carbonyl (C=O) groups is 1. The zero-order valence-electron chi connectivity index (χ0n) is 12.3. The molecular formula is C16H18BrNOS3. The standard InChI is InChI=1S/C16H18BrNOS3/c1-20-10-12-2-4-13(5-3-12)16(19)18-8-9-21-11-14-6-7-15(17)22-14/h2-7H,8-11H2,1H3,(H,18,19). The van der Waals surface area contributed by atoms with Crippen LogP contribution in [0.25, 0.3) is 0 Å². The first-order valence-electron chi connectivity index (χ1n) is 6.87. The van der Waals surface area contributed by atoms with E-state index in [4.69, 9.17) is 0 Å². The molecule has 22 heavy (non-hydrogen) atoms. The van der Waals surface area contributed by atoms with Gasteiger partial charge in [0, 0.05) is 34.2 Å². The molecule has 1 heterocycles. The fourth-order valence-electron chi connectivity index (χ4n) is 1.86. The minimum absolute atomic E-state index is 0.00942. The second kappa shape index (κ2) is 9.65. The molecule has 0 bridgehead atoms. The summed E-state index contributed by atoms with van der Waals surface area (Å²) >= 11 is 8.85. The molecule has 2 nitrogen and oxygen atoms in total. The lowest BCUT2D eigenvalue weighted by atomic mass is 10.1. The molecular weight excluding hydrogens is 398 g/mol. The van der Waals surface area contributed by atoms with Gasteiger partial charge < -0.3 is 5.32 Å². The van der Waals surface area contributed by atoms with E-state index < -0.39 is 0 Å². The molecule has 1 amide bonds. The number of halogens is 1. The number of hydrogen-bond acceptors (Lipinski definition) is 4. The van der Waals surface area contributed by atoms with Gasteiger partial charge in [-0.15, -0.1) is 11.3 Å². The number of hydrogen-bond donors (Lipinski definition) is 1. The van der Waals surface area contributed by atoms with Gasteiger partial charge in [0.05, 0.1) is 3.79 Å². The van der Waals surface area contributed by atoms with Crippen molar-refractivity contribution in [3.63, 3.8) is 0 Å². The van der Waals surface area contributed by atoms with E-state index in [-0.39, 0.29) is 5.91 Å². The largest absolute Gasteiger partial charge is 0.351 e. The maximum absolute atomic E-state index is 12.0. The van der Waals surface area contributed by atoms with Crippen molar-refractivity contribution < 1.29 is 4.79 Å². The normalized spacial score (nSPS) is 10.6. The molecule has 0 spiro atoms. The molecule has 0 aliphatic carbocycles. The Morgan fingerprint density at radius 3 is 2.59 bits per heavy atom. The summed E-state index contributed by atoms with van der Waals surface area (Å²) in [5.74, 6) is 2.91. The number of amides is 1. The van der Waals surface area contributed by atoms with Crippen LogP contribution in [0.5, 0.6) is 0 Å². The molecule has 1 aromatic carbocycles. The van der Waals surface area contributed by atoms with Crippen LogP contribution in [-0.4, -0.2) is 24.5 Å². The third-order valence-electron chi connectivity index (χ3n) is 2.93. The SMILES string of the molecule is CSCc1ccc(C(=O)NCCSCc2ccc(Br)s2)cc1. The molecule has 0 atom stereocenters. The van der Waals surface area contributed by atoms with Crippen molar-refractivity contribution in [2.75, 3.05) is 18.6 Å². The Morgan fingerprint density at radius 2 is 1.95 bits per heavy atom. The van der Waals surface area contributed by atoms with Crippen molar-refractivity contribution in [1.82, 2.24) is 5.32 Å². The molecule has 0 aliphatic rings. The van der Waals surface area contributed by atoms with Gasteiger partial charge in [0.25, 0.3) is 5.91 Å². The highest BCUT2D eigenvalue weighted by Gasteiger charge is 2.05. The number of benzene rings is 1. The Bertz CT molecular complexity index is 598. The van der Waals surface area contributed by atoms with Crippen molar-refractivity contribution in [2.45, 2.75) is 11.5 Å². The summed E-state index contributed by atoms with van der Waals surface area (Å²) < 4.78 is 1.17. The second-order valence-corrected chi connectivity index (χ2v) is 9.16. The van der Waals surface area contributed by atoms with E-state index in [1.54, 1.807) is 23.1 Å². The number of nitrogens with one attached hydrogen (secondary N) is 1. The molecule has 0 saturated heterocycles. The monoisotopic (exact) mass is 415 g/mol. The lowest BCUT2D eigenvalue weighted by Gasteiger charge is -2.06. The van der Waals surface area contributed by atoms with Crippen LogP contribution in [0.1, 0.15) is 20.8 Å². The van der Waals surface area contributed by atoms with Gasteiger partial charge in [0.1, 0.15) is 0 Å². The first-order chi connectivity index (χ1) is 10.7. The topological polar surface area (TPSA) is 29.1 Å². The molecule has 6 heteroatoms. The summed E-state index contributed by atoms with van der Waals surface area (Å²) in [6, 6.07) is 12.1. The van der Waals surface area contributed by atoms with Gasteiger partial charge in [0.2, 0.25) is 0 Å². The molecule has 2 rings (SSSR count). The summed E-state index contributed by atoms with van der Waals surface area (Å²) in [7, 11) is 0. The van der Waals surface area contributed by atoms with Gasteiger partial charge in [-0.25, -0.2) is 0 Å². The summed E-state index contributed by atoms with van der Waals surface area (Å²) in [4.78, 5) is 13.4. The first-order valence-corrected chi connectivity index (χ1v) is 11.0. The van der Waals surface area contributed by atoms with Crippen LogP contribution in [0, 0.1) is 0 Å². The lowest BCUT2D eigenvalue weighted by Crippen LogP contribution is -2.25. The summed E-state index contributed by atoms with van der Waals surface area (Å²) in [6.07, 6.45) is 2.08. The smallest absolute Gasteiger partial charge is 0.251 e. The predicted molar refractivity (Wildman–Crippen MR) is 104 cm³/mol. The third-order valence-corrected chi connectivity index (χ3v) is 6.37. The highest BCUT2D eigenvalue weighted by atomic mass is 79.9. The van der Waals surface area contributed by atoms with E-state index in [0.717, 1.165) is 22.8 Å². The predicted octanol–water partition coefficient (Wildman–Crippen LogP) is 5.04. The fraction of sp³-hybridized carbons (Fsp3) is 0.312. The van der Waals surface area contributed by atoms with Gasteiger partial charge >= 0.3 is 0 Å². The summed E-state index contributed by atoms with van der Waals surface area (Å²) in [6.45, 7) is 0.697. The molecule has 0 fully saturated rings. The molecule has 1 N–H and O–H groups in total. The van der Waals surface area contributed by atoms with Crippen molar-refractivity contribution in [1.29, 1.82) is 0 Å². The number of thioether (sulfide) groups is 2. The van der Waals surface area contributed by atoms with Crippen LogP contribution in [0.3, 0.4) is 0 Å². The number of thiophene rings is 1. The number of rotatable bonds is 8. The molecule has 0 unspecified atom stereocenters. The van der Waals surface area contributed by atoms with Crippen molar-refractivity contribution in [2.24, 2.45) is 0 Å². The molecule has 2 aromatic rings. The highest BCUT2D eigenvalue weighted by Crippen LogP contribution is 2.25. The molecule has 1 aromatic heterocycles. The Morgan fingerprint density at radius 1 is 1.18 bits per heavy atom. The van der Waals surface area contributed by atoms with Gasteiger partial charge in [-0.1, -0.05) is 12.1 Å². The van der Waals surface area contributed by atoms with Gasteiger partial charge in [-0.3, -0.25) is 4.79 Å². The van der Waals surface area contributed by atoms with Crippen molar-refractivity contribution >= 4 is 56.7 Å². The van der Waals surface area contributed by atoms with Crippen LogP contribution in [-0.2, 0) is 11.5 Å². The minimum atomic E-state index is 0.00942. The fourth-order valence-corrected chi connectivity index (χ4v) is 4.84. The Kier molecular flexibility index (Phi) is 7.86. The van der Waals surface area contributed by atoms with Crippen LogP contribution in [0.15, 0.2) is 40.2 Å². The second-order valence-electron chi connectivity index (χ2n) is 4.64. The van der Waals surface area contributed by atoms with Crippen LogP contribution in [0.4, 0.5) is 0 Å². The molecule has 118 valence electrons. The Labute approximate surface area is 152 Å². The summed E-state index contributed by atoms with van der Waals surface area (Å²) in [5.41, 5.74) is 1.98. The summed E-state index contributed by atoms with van der Waals surface area (Å²) in [5, 5.41) is 2.97. The Balaban J connectivity index is 1.66. The zero-order chi connectivity index (χ0) is 15.8. The average Bonchev–Trinajstić information content (AvgIpc) is 2.93. The van der Waals surface area contributed by atoms with E-state index in [9.17, 15) is 4.79 Å². The van der Waals surface area contributed by atoms with E-state index in [1.807, 2.05) is 36.0 Å². The first kappa shape index (κ1) is 17.9. The minimum Gasteiger partial charge on any atom is -0.351 e. The van der Waals surface area contributed by atoms with Gasteiger partial charge in [-0.2, -0.15) is 23.5 Å². The van der Waals surface area contributed by atoms with Gasteiger partial charge in [0.15, 0.2) is 0 Å². The molecule has 0 radical (unpaired) electrons. The number of carbonyl (C=O) groups excluding carboxylic acids is 1.